The summed E-state index contributed by atoms with van der Waals surface area (Å²) >= 11 is 2.01. The molecule has 4 aromatic rings. The fourth-order valence-electron chi connectivity index (χ4n) is 5.50. The van der Waals surface area contributed by atoms with E-state index in [2.05, 4.69) is 10.3 Å². The molecule has 3 aromatic carbocycles. The van der Waals surface area contributed by atoms with Crippen molar-refractivity contribution in [2.75, 3.05) is 23.4 Å². The number of anilines is 2. The molecule has 2 N–H and O–H groups in total. The molecule has 3 amide bonds. The van der Waals surface area contributed by atoms with Crippen molar-refractivity contribution >= 4 is 52.2 Å². The number of imide groups is 1. The first-order valence-electron chi connectivity index (χ1n) is 13.8. The second-order valence-electron chi connectivity index (χ2n) is 10.3. The largest absolute Gasteiger partial charge is 0.490 e. The van der Waals surface area contributed by atoms with Gasteiger partial charge in [-0.3, -0.25) is 19.2 Å². The molecule has 0 saturated carbocycles. The molecule has 1 aromatic heterocycles. The van der Waals surface area contributed by atoms with Crippen molar-refractivity contribution in [1.29, 1.82) is 0 Å². The molecule has 6 rings (SSSR count). The second-order valence-corrected chi connectivity index (χ2v) is 12.4. The zero-order valence-corrected chi connectivity index (χ0v) is 25.4. The number of benzene rings is 3. The number of hydrogen-bond donors (Lipinski definition) is 2. The van der Waals surface area contributed by atoms with Crippen molar-refractivity contribution in [2.24, 2.45) is 5.92 Å². The maximum Gasteiger partial charge on any atom is 0.418 e. The minimum Gasteiger partial charge on any atom is -0.490 e. The Kier molecular flexibility index (Phi) is 8.37. The number of fused-ring (bicyclic) bond motifs is 2. The van der Waals surface area contributed by atoms with E-state index in [9.17, 15) is 36.7 Å². The average Bonchev–Trinajstić information content (AvgIpc) is 3.50. The van der Waals surface area contributed by atoms with Gasteiger partial charge < -0.3 is 19.8 Å². The third-order valence-electron chi connectivity index (χ3n) is 7.40. The Hall–Kier alpha value is -4.63. The lowest BCUT2D eigenvalue weighted by Crippen LogP contribution is -2.32. The van der Waals surface area contributed by atoms with Gasteiger partial charge in [-0.15, -0.1) is 0 Å². The number of amides is 3. The van der Waals surface area contributed by atoms with Gasteiger partial charge in [-0.25, -0.2) is 9.29 Å². The van der Waals surface area contributed by atoms with Crippen molar-refractivity contribution in [1.82, 2.24) is 4.98 Å². The smallest absolute Gasteiger partial charge is 0.418 e. The zero-order chi connectivity index (χ0) is 32.7. The third-order valence-corrected chi connectivity index (χ3v) is 9.80. The van der Waals surface area contributed by atoms with Crippen LogP contribution in [0.25, 0.3) is 0 Å². The summed E-state index contributed by atoms with van der Waals surface area (Å²) in [5, 5.41) is 1.79. The molecular weight excluding hydrogens is 650 g/mol. The lowest BCUT2D eigenvalue weighted by atomic mass is 9.83. The lowest BCUT2D eigenvalue weighted by molar-refractivity contribution is -0.137. The van der Waals surface area contributed by atoms with Crippen LogP contribution in [0.3, 0.4) is 0 Å². The standard InChI is InChI=1S/C31H23F4N3O6S2/c1-2-43-21-13-15(7-12-20(21)44-14-22(39)36-19-6-4-3-5-18(19)31(33,34)35)23-24-26(45-27-25(23)46-30(42)37-27)29(41)38(28(24)40)17-10-8-16(32)9-11-17/h3-13,23-24,26H,2,14H2,1H3,(H,36,39)(H,37,42)/t23-,24?,26?/m1/s1. The number of nitrogens with zero attached hydrogens (tertiary/aromatic N) is 1. The summed E-state index contributed by atoms with van der Waals surface area (Å²) in [5.74, 6) is -3.76. The number of ether oxygens (including phenoxy) is 2. The first-order chi connectivity index (χ1) is 22.0. The average molecular weight is 674 g/mol. The Bertz CT molecular complexity index is 1890. The summed E-state index contributed by atoms with van der Waals surface area (Å²) in [6.45, 7) is 1.25. The molecule has 0 aliphatic carbocycles. The minimum atomic E-state index is -4.67. The highest BCUT2D eigenvalue weighted by Crippen LogP contribution is 2.53. The van der Waals surface area contributed by atoms with Crippen LogP contribution in [-0.4, -0.2) is 41.2 Å². The van der Waals surface area contributed by atoms with E-state index in [-0.39, 0.29) is 28.7 Å². The first-order valence-corrected chi connectivity index (χ1v) is 15.5. The number of thiazole rings is 1. The molecule has 46 heavy (non-hydrogen) atoms. The Morgan fingerprint density at radius 1 is 0.978 bits per heavy atom. The van der Waals surface area contributed by atoms with E-state index in [0.717, 1.165) is 52.3 Å². The van der Waals surface area contributed by atoms with Gasteiger partial charge in [0.2, 0.25) is 11.8 Å². The van der Waals surface area contributed by atoms with E-state index in [0.29, 0.717) is 15.5 Å². The molecule has 238 valence electrons. The summed E-state index contributed by atoms with van der Waals surface area (Å²) in [6, 6.07) is 14.2. The van der Waals surface area contributed by atoms with Crippen LogP contribution >= 0.6 is 23.1 Å². The number of para-hydroxylation sites is 1. The van der Waals surface area contributed by atoms with Gasteiger partial charge >= 0.3 is 11.0 Å². The van der Waals surface area contributed by atoms with Crippen LogP contribution in [0, 0.1) is 11.7 Å². The number of thioether (sulfide) groups is 1. The van der Waals surface area contributed by atoms with Gasteiger partial charge in [-0.05, 0) is 61.0 Å². The molecule has 1 fully saturated rings. The van der Waals surface area contributed by atoms with E-state index in [1.54, 1.807) is 19.1 Å². The first kappa shape index (κ1) is 31.4. The topological polar surface area (TPSA) is 118 Å². The van der Waals surface area contributed by atoms with Gasteiger partial charge in [0.05, 0.1) is 34.5 Å². The molecule has 1 saturated heterocycles. The molecule has 3 atom stereocenters. The molecule has 15 heteroatoms. The normalized spacial score (nSPS) is 19.1. The lowest BCUT2D eigenvalue weighted by Gasteiger charge is -2.30. The molecule has 9 nitrogen and oxygen atoms in total. The van der Waals surface area contributed by atoms with E-state index in [4.69, 9.17) is 9.47 Å². The highest BCUT2D eigenvalue weighted by molar-refractivity contribution is 8.00. The number of aromatic amines is 1. The van der Waals surface area contributed by atoms with Gasteiger partial charge in [0.15, 0.2) is 18.1 Å². The number of carbonyl (C=O) groups excluding carboxylic acids is 3. The minimum absolute atomic E-state index is 0.107. The van der Waals surface area contributed by atoms with E-state index < -0.39 is 64.7 Å². The van der Waals surface area contributed by atoms with Crippen LogP contribution in [-0.2, 0) is 20.6 Å². The maximum absolute atomic E-state index is 13.9. The predicted octanol–water partition coefficient (Wildman–Crippen LogP) is 5.81. The van der Waals surface area contributed by atoms with Crippen LogP contribution in [0.5, 0.6) is 11.5 Å². The second kappa shape index (κ2) is 12.3. The molecule has 2 aliphatic heterocycles. The number of carbonyl (C=O) groups is 3. The Morgan fingerprint density at radius 2 is 1.72 bits per heavy atom. The van der Waals surface area contributed by atoms with Gasteiger partial charge in [-0.2, -0.15) is 13.2 Å². The number of halogens is 4. The van der Waals surface area contributed by atoms with Crippen molar-refractivity contribution in [3.05, 3.63) is 98.2 Å². The van der Waals surface area contributed by atoms with E-state index in [1.165, 1.54) is 30.3 Å². The zero-order valence-electron chi connectivity index (χ0n) is 23.7. The van der Waals surface area contributed by atoms with Gasteiger partial charge in [0.25, 0.3) is 5.91 Å². The van der Waals surface area contributed by atoms with Crippen LogP contribution in [0.1, 0.15) is 28.8 Å². The Morgan fingerprint density at radius 3 is 2.43 bits per heavy atom. The van der Waals surface area contributed by atoms with E-state index in [1.807, 2.05) is 0 Å². The summed E-state index contributed by atoms with van der Waals surface area (Å²) in [4.78, 5) is 56.4. The number of alkyl halides is 3. The molecule has 0 radical (unpaired) electrons. The monoisotopic (exact) mass is 673 g/mol. The SMILES string of the molecule is CCOc1cc([C@H]2c3sc(=O)[nH]c3SC3C(=O)N(c4ccc(F)cc4)C(=O)C32)ccc1OCC(=O)Nc1ccccc1C(F)(F)F. The number of aromatic nitrogens is 1. The summed E-state index contributed by atoms with van der Waals surface area (Å²) in [5.41, 5.74) is -0.679. The van der Waals surface area contributed by atoms with Gasteiger partial charge in [0.1, 0.15) is 11.1 Å². The van der Waals surface area contributed by atoms with Crippen LogP contribution in [0.2, 0.25) is 0 Å². The van der Waals surface area contributed by atoms with Crippen molar-refractivity contribution in [3.63, 3.8) is 0 Å². The third kappa shape index (κ3) is 5.87. The highest BCUT2D eigenvalue weighted by atomic mass is 32.2. The number of H-pyrrole nitrogens is 1. The van der Waals surface area contributed by atoms with Crippen LogP contribution < -0.4 is 24.6 Å². The van der Waals surface area contributed by atoms with Crippen molar-refractivity contribution in [3.8, 4) is 11.5 Å². The highest BCUT2D eigenvalue weighted by Gasteiger charge is 2.56. The molecule has 3 heterocycles. The van der Waals surface area contributed by atoms with Gasteiger partial charge in [-0.1, -0.05) is 41.3 Å². The summed E-state index contributed by atoms with van der Waals surface area (Å²) in [6.07, 6.45) is -4.67. The summed E-state index contributed by atoms with van der Waals surface area (Å²) in [7, 11) is 0. The maximum atomic E-state index is 13.9. The van der Waals surface area contributed by atoms with Gasteiger partial charge in [0, 0.05) is 10.8 Å². The fraction of sp³-hybridized carbons (Fsp3) is 0.226. The number of rotatable bonds is 8. The Labute approximate surface area is 266 Å². The fourth-order valence-corrected chi connectivity index (χ4v) is 8.01. The van der Waals surface area contributed by atoms with Crippen molar-refractivity contribution in [2.45, 2.75) is 29.3 Å². The molecular formula is C31H23F4N3O6S2. The molecule has 2 aliphatic rings. The number of nitrogens with one attached hydrogen (secondary N) is 2. The summed E-state index contributed by atoms with van der Waals surface area (Å²) < 4.78 is 65.0. The predicted molar refractivity (Wildman–Crippen MR) is 162 cm³/mol. The van der Waals surface area contributed by atoms with E-state index >= 15 is 0 Å². The van der Waals surface area contributed by atoms with Crippen LogP contribution in [0.4, 0.5) is 28.9 Å². The molecule has 2 unspecified atom stereocenters. The number of hydrogen-bond acceptors (Lipinski definition) is 8. The van der Waals surface area contributed by atoms with Crippen molar-refractivity contribution < 1.29 is 41.4 Å². The Balaban J connectivity index is 1.29. The molecule has 0 spiro atoms. The molecule has 0 bridgehead atoms. The quantitative estimate of drug-likeness (QED) is 0.179. The van der Waals surface area contributed by atoms with Crippen LogP contribution in [0.15, 0.2) is 76.6 Å².